The Labute approximate surface area is 315 Å². The highest BCUT2D eigenvalue weighted by molar-refractivity contribution is 6.28. The van der Waals surface area contributed by atoms with Gasteiger partial charge in [-0.05, 0) is 37.3 Å². The van der Waals surface area contributed by atoms with Crippen LogP contribution in [0, 0.1) is 20.2 Å². The Kier molecular flexibility index (Phi) is 11.5. The second-order valence-electron chi connectivity index (χ2n) is 13.6. The van der Waals surface area contributed by atoms with E-state index in [4.69, 9.17) is 21.1 Å². The van der Waals surface area contributed by atoms with E-state index in [9.17, 15) is 40.7 Å². The number of aromatic nitrogens is 8. The highest BCUT2D eigenvalue weighted by Crippen LogP contribution is 2.35. The van der Waals surface area contributed by atoms with Gasteiger partial charge in [-0.3, -0.25) is 9.13 Å². The number of nitrogens with zero attached hydrogens (tertiary/aromatic N) is 10. The summed E-state index contributed by atoms with van der Waals surface area (Å²) in [5, 5.41) is 66.4. The summed E-state index contributed by atoms with van der Waals surface area (Å²) in [5.74, 6) is 1.09. The zero-order chi connectivity index (χ0) is 38.8. The number of anilines is 2. The largest absolute Gasteiger partial charge is 0.387 e. The minimum atomic E-state index is -1.38. The number of aliphatic hydroxyl groups is 4. The molecule has 6 heterocycles. The molecular weight excluding hydrogens is 756 g/mol. The number of halogens is 1. The van der Waals surface area contributed by atoms with E-state index in [0.29, 0.717) is 40.0 Å². The van der Waals surface area contributed by atoms with Crippen LogP contribution in [0.1, 0.15) is 63.8 Å². The van der Waals surface area contributed by atoms with Crippen molar-refractivity contribution in [3.63, 3.8) is 0 Å². The van der Waals surface area contributed by atoms with Gasteiger partial charge in [-0.1, -0.05) is 25.7 Å². The molecule has 2 aliphatic carbocycles. The molecule has 298 valence electrons. The van der Waals surface area contributed by atoms with Gasteiger partial charge in [-0.15, -0.1) is 20.2 Å². The summed E-state index contributed by atoms with van der Waals surface area (Å²) >= 11 is 6.07. The van der Waals surface area contributed by atoms with Crippen molar-refractivity contribution in [3.05, 3.63) is 44.5 Å². The Hall–Kier alpha value is -4.85. The molecule has 0 unspecified atom stereocenters. The topological polar surface area (TPSA) is 315 Å². The first kappa shape index (κ1) is 38.4. The number of aliphatic hydroxyl groups excluding tert-OH is 4. The standard InChI is InChI=1S/C15H19ClN6O6.C15H20N6O6/c16-15-19-12(18-7-3-1-2-4-7)9-13(20-15)21(6-17-9)14-11(24)10(23)8(28-14)5-27-22(25)26;22-11-9(5-26-21(24)25)27-15(12(11)23)20-7-18-10-13(16-6-17-14(10)20)19-8-3-1-2-4-8/h6-8,10-11,14,23-24H,1-5H2,(H,18,19,20);6-9,11-12,15,22-23H,1-5H2,(H,16,17,19)/t8-,10-,11-,14-;9-,11-,12-,15-/m11/s1. The summed E-state index contributed by atoms with van der Waals surface area (Å²) in [5.41, 5.74) is 1.72. The maximum Gasteiger partial charge on any atom is 0.294 e. The summed E-state index contributed by atoms with van der Waals surface area (Å²) in [6.45, 7) is -1.00. The van der Waals surface area contributed by atoms with Crippen molar-refractivity contribution in [2.24, 2.45) is 0 Å². The van der Waals surface area contributed by atoms with Crippen molar-refractivity contribution < 1.29 is 49.7 Å². The third kappa shape index (κ3) is 8.24. The minimum absolute atomic E-state index is 0.00369. The molecule has 4 aromatic rings. The van der Waals surface area contributed by atoms with E-state index < -0.39 is 72.5 Å². The van der Waals surface area contributed by atoms with Crippen LogP contribution in [0.4, 0.5) is 11.6 Å². The maximum absolute atomic E-state index is 10.4. The van der Waals surface area contributed by atoms with E-state index in [1.807, 2.05) is 0 Å². The van der Waals surface area contributed by atoms with Gasteiger partial charge in [-0.25, -0.2) is 19.9 Å². The fourth-order valence-electron chi connectivity index (χ4n) is 7.31. The van der Waals surface area contributed by atoms with Crippen LogP contribution < -0.4 is 10.6 Å². The van der Waals surface area contributed by atoms with Gasteiger partial charge in [0.25, 0.3) is 10.2 Å². The minimum Gasteiger partial charge on any atom is -0.387 e. The van der Waals surface area contributed by atoms with Crippen LogP contribution in [0.15, 0.2) is 19.0 Å². The Morgan fingerprint density at radius 1 is 0.709 bits per heavy atom. The van der Waals surface area contributed by atoms with Gasteiger partial charge < -0.3 is 50.2 Å². The van der Waals surface area contributed by atoms with Gasteiger partial charge in [0.15, 0.2) is 46.4 Å². The molecule has 8 atom stereocenters. The Morgan fingerprint density at radius 3 is 1.69 bits per heavy atom. The van der Waals surface area contributed by atoms with Gasteiger partial charge in [0.2, 0.25) is 5.28 Å². The van der Waals surface area contributed by atoms with Gasteiger partial charge in [0.05, 0.1) is 12.7 Å². The van der Waals surface area contributed by atoms with Crippen molar-refractivity contribution in [3.8, 4) is 0 Å². The molecule has 0 amide bonds. The summed E-state index contributed by atoms with van der Waals surface area (Å²) in [7, 11) is 0. The second kappa shape index (κ2) is 16.5. The predicted molar refractivity (Wildman–Crippen MR) is 185 cm³/mol. The van der Waals surface area contributed by atoms with Gasteiger partial charge in [-0.2, -0.15) is 9.97 Å². The fourth-order valence-corrected chi connectivity index (χ4v) is 7.47. The van der Waals surface area contributed by atoms with E-state index in [2.05, 4.69) is 50.2 Å². The molecule has 25 heteroatoms. The molecule has 4 aliphatic rings. The lowest BCUT2D eigenvalue weighted by Gasteiger charge is -2.17. The van der Waals surface area contributed by atoms with Crippen molar-refractivity contribution >= 4 is 45.6 Å². The van der Waals surface area contributed by atoms with Crippen LogP contribution in [0.3, 0.4) is 0 Å². The molecule has 6 N–H and O–H groups in total. The lowest BCUT2D eigenvalue weighted by Crippen LogP contribution is -2.34. The third-order valence-corrected chi connectivity index (χ3v) is 10.2. The van der Waals surface area contributed by atoms with Crippen LogP contribution >= 0.6 is 11.6 Å². The third-order valence-electron chi connectivity index (χ3n) is 10.1. The van der Waals surface area contributed by atoms with Crippen LogP contribution in [-0.4, -0.2) is 132 Å². The zero-order valence-corrected chi connectivity index (χ0v) is 29.7. The number of nitrogens with one attached hydrogen (secondary N) is 2. The maximum atomic E-state index is 10.4. The quantitative estimate of drug-likeness (QED) is 0.0652. The molecule has 0 aromatic carbocycles. The number of hydrogen-bond acceptors (Lipinski definition) is 20. The highest BCUT2D eigenvalue weighted by Gasteiger charge is 2.46. The normalized spacial score (nSPS) is 28.4. The van der Waals surface area contributed by atoms with Crippen molar-refractivity contribution in [2.75, 3.05) is 23.8 Å². The first-order chi connectivity index (χ1) is 26.5. The molecule has 24 nitrogen and oxygen atoms in total. The van der Waals surface area contributed by atoms with Gasteiger partial charge >= 0.3 is 0 Å². The zero-order valence-electron chi connectivity index (χ0n) is 29.0. The smallest absolute Gasteiger partial charge is 0.294 e. The Bertz CT molecular complexity index is 1980. The molecule has 4 fully saturated rings. The Balaban J connectivity index is 0.000000169. The average Bonchev–Trinajstić information content (AvgIpc) is 4.02. The summed E-state index contributed by atoms with van der Waals surface area (Å²) in [6, 6.07) is 0.616. The SMILES string of the molecule is O=[N+]([O-])OC[C@H]1O[C@@H](n2cnc3c(NC4CCCC4)nc(Cl)nc32)[C@H](O)[C@@H]1O.O=[N+]([O-])OC[C@H]1O[C@@H](n2cnc3c(NC4CCCC4)ncnc32)[C@H](O)[C@@H]1O. The molecule has 0 bridgehead atoms. The van der Waals surface area contributed by atoms with Crippen molar-refractivity contribution in [1.29, 1.82) is 0 Å². The van der Waals surface area contributed by atoms with Crippen LogP contribution in [-0.2, 0) is 19.1 Å². The molecule has 2 aliphatic heterocycles. The number of imidazole rings is 2. The number of fused-ring (bicyclic) bond motifs is 2. The summed E-state index contributed by atoms with van der Waals surface area (Å²) in [4.78, 5) is 54.8. The van der Waals surface area contributed by atoms with Crippen molar-refractivity contribution in [2.45, 2.75) is 113 Å². The lowest BCUT2D eigenvalue weighted by molar-refractivity contribution is -0.759. The van der Waals surface area contributed by atoms with Gasteiger partial charge in [0.1, 0.15) is 56.2 Å². The first-order valence-corrected chi connectivity index (χ1v) is 18.0. The molecule has 0 radical (unpaired) electrons. The number of hydrogen-bond donors (Lipinski definition) is 6. The monoisotopic (exact) mass is 794 g/mol. The van der Waals surface area contributed by atoms with E-state index in [1.165, 1.54) is 41.0 Å². The van der Waals surface area contributed by atoms with E-state index in [1.54, 1.807) is 0 Å². The van der Waals surface area contributed by atoms with Crippen molar-refractivity contribution in [1.82, 2.24) is 39.0 Å². The number of rotatable bonds is 12. The number of ether oxygens (including phenoxy) is 2. The first-order valence-electron chi connectivity index (χ1n) is 17.7. The van der Waals surface area contributed by atoms with Gasteiger partial charge in [0, 0.05) is 12.1 Å². The summed E-state index contributed by atoms with van der Waals surface area (Å²) < 4.78 is 14.0. The van der Waals surface area contributed by atoms with E-state index in [-0.39, 0.29) is 11.3 Å². The Morgan fingerprint density at radius 2 is 1.18 bits per heavy atom. The predicted octanol–water partition coefficient (Wildman–Crippen LogP) is 0.670. The van der Waals surface area contributed by atoms with E-state index >= 15 is 0 Å². The van der Waals surface area contributed by atoms with Crippen LogP contribution in [0.25, 0.3) is 22.3 Å². The molecule has 0 spiro atoms. The fraction of sp³-hybridized carbons (Fsp3) is 0.667. The van der Waals surface area contributed by atoms with E-state index in [0.717, 1.165) is 38.5 Å². The average molecular weight is 795 g/mol. The molecule has 4 aromatic heterocycles. The molecular formula is C30H39ClN12O12. The molecule has 8 rings (SSSR count). The second-order valence-corrected chi connectivity index (χ2v) is 13.9. The van der Waals surface area contributed by atoms with Crippen LogP contribution in [0.2, 0.25) is 5.28 Å². The highest BCUT2D eigenvalue weighted by atomic mass is 35.5. The molecule has 55 heavy (non-hydrogen) atoms. The summed E-state index contributed by atoms with van der Waals surface area (Å²) in [6.07, 6.45) is 3.45. The lowest BCUT2D eigenvalue weighted by atomic mass is 10.1. The molecule has 2 saturated carbocycles. The molecule has 2 saturated heterocycles. The van der Waals surface area contributed by atoms with Crippen LogP contribution in [0.5, 0.6) is 0 Å².